The maximum Gasteiger partial charge on any atom is 0.269 e. The van der Waals surface area contributed by atoms with Crippen LogP contribution in [0.5, 0.6) is 5.75 Å². The molecule has 13 heteroatoms. The number of nitro groups is 1. The topological polar surface area (TPSA) is 138 Å². The number of thiazole rings is 1. The van der Waals surface area contributed by atoms with Crippen molar-refractivity contribution in [1.29, 1.82) is 0 Å². The number of benzene rings is 2. The summed E-state index contributed by atoms with van der Waals surface area (Å²) in [5.41, 5.74) is 2.01. The fourth-order valence-electron chi connectivity index (χ4n) is 2.73. The van der Waals surface area contributed by atoms with Gasteiger partial charge < -0.3 is 10.1 Å². The molecule has 2 aromatic carbocycles. The third kappa shape index (κ3) is 4.73. The van der Waals surface area contributed by atoms with Gasteiger partial charge in [-0.2, -0.15) is 4.68 Å². The molecule has 0 aliphatic carbocycles. The standard InChI is InChI=1S/C19H15N7O4S2/c1-30-16-5-3-2-4-15(16)25-19(22-23-24-25)32-11-17(27)21-18-20-14(10-31-18)12-6-8-13(9-7-12)26(28)29/h2-10H,11H2,1H3,(H,20,21,27). The van der Waals surface area contributed by atoms with E-state index in [2.05, 4.69) is 25.8 Å². The Morgan fingerprint density at radius 2 is 2.03 bits per heavy atom. The second kappa shape index (κ2) is 9.53. The molecule has 0 aliphatic rings. The highest BCUT2D eigenvalue weighted by atomic mass is 32.2. The number of tetrazole rings is 1. The molecule has 0 unspecified atom stereocenters. The molecule has 1 N–H and O–H groups in total. The fraction of sp³-hybridized carbons (Fsp3) is 0.105. The maximum absolute atomic E-state index is 12.4. The van der Waals surface area contributed by atoms with E-state index in [9.17, 15) is 14.9 Å². The Bertz CT molecular complexity index is 1260. The zero-order valence-corrected chi connectivity index (χ0v) is 18.2. The number of aromatic nitrogens is 5. The molecule has 4 rings (SSSR count). The Morgan fingerprint density at radius 3 is 2.78 bits per heavy atom. The van der Waals surface area contributed by atoms with E-state index in [1.54, 1.807) is 30.7 Å². The summed E-state index contributed by atoms with van der Waals surface area (Å²) in [5, 5.41) is 27.8. The van der Waals surface area contributed by atoms with Gasteiger partial charge in [0.05, 0.1) is 23.5 Å². The SMILES string of the molecule is COc1ccccc1-n1nnnc1SCC(=O)Nc1nc(-c2ccc([N+](=O)[O-])cc2)cs1. The Balaban J connectivity index is 1.39. The van der Waals surface area contributed by atoms with Crippen LogP contribution in [0.4, 0.5) is 10.8 Å². The van der Waals surface area contributed by atoms with Crippen LogP contribution in [0.2, 0.25) is 0 Å². The molecule has 0 fully saturated rings. The van der Waals surface area contributed by atoms with E-state index in [4.69, 9.17) is 4.74 Å². The van der Waals surface area contributed by atoms with Crippen molar-refractivity contribution in [2.45, 2.75) is 5.16 Å². The number of thioether (sulfide) groups is 1. The number of para-hydroxylation sites is 2. The van der Waals surface area contributed by atoms with Crippen molar-refractivity contribution in [3.8, 4) is 22.7 Å². The lowest BCUT2D eigenvalue weighted by molar-refractivity contribution is -0.384. The Kier molecular flexibility index (Phi) is 6.37. The Labute approximate surface area is 189 Å². The molecular formula is C19H15N7O4S2. The molecule has 32 heavy (non-hydrogen) atoms. The number of nitro benzene ring substituents is 1. The Hall–Kier alpha value is -3.84. The van der Waals surface area contributed by atoms with Crippen LogP contribution in [0.15, 0.2) is 59.1 Å². The highest BCUT2D eigenvalue weighted by Gasteiger charge is 2.15. The number of methoxy groups -OCH3 is 1. The molecule has 0 atom stereocenters. The number of amides is 1. The largest absolute Gasteiger partial charge is 0.494 e. The van der Waals surface area contributed by atoms with Crippen molar-refractivity contribution in [1.82, 2.24) is 25.2 Å². The highest BCUT2D eigenvalue weighted by molar-refractivity contribution is 7.99. The summed E-state index contributed by atoms with van der Waals surface area (Å²) in [6.45, 7) is 0. The zero-order valence-electron chi connectivity index (χ0n) is 16.5. The predicted octanol–water partition coefficient (Wildman–Crippen LogP) is 3.43. The maximum atomic E-state index is 12.4. The van der Waals surface area contributed by atoms with Gasteiger partial charge in [0.1, 0.15) is 11.4 Å². The molecule has 2 aromatic heterocycles. The number of carbonyl (C=O) groups excluding carboxylic acids is 1. The van der Waals surface area contributed by atoms with Crippen LogP contribution in [0.25, 0.3) is 16.9 Å². The summed E-state index contributed by atoms with van der Waals surface area (Å²) in [6.07, 6.45) is 0. The van der Waals surface area contributed by atoms with Gasteiger partial charge in [0.2, 0.25) is 11.1 Å². The van der Waals surface area contributed by atoms with E-state index in [1.165, 1.54) is 39.9 Å². The third-order valence-corrected chi connectivity index (χ3v) is 5.89. The fourth-order valence-corrected chi connectivity index (χ4v) is 4.15. The molecule has 0 aliphatic heterocycles. The molecule has 11 nitrogen and oxygen atoms in total. The number of nitrogens with one attached hydrogen (secondary N) is 1. The van der Waals surface area contributed by atoms with E-state index in [-0.39, 0.29) is 17.3 Å². The van der Waals surface area contributed by atoms with Gasteiger partial charge in [-0.25, -0.2) is 4.98 Å². The van der Waals surface area contributed by atoms with Gasteiger partial charge >= 0.3 is 0 Å². The van der Waals surface area contributed by atoms with Gasteiger partial charge in [-0.05, 0) is 34.7 Å². The number of anilines is 1. The molecule has 0 radical (unpaired) electrons. The van der Waals surface area contributed by atoms with Gasteiger partial charge in [0.15, 0.2) is 5.13 Å². The lowest BCUT2D eigenvalue weighted by atomic mass is 10.1. The van der Waals surface area contributed by atoms with Crippen molar-refractivity contribution in [2.75, 3.05) is 18.2 Å². The zero-order chi connectivity index (χ0) is 22.5. The van der Waals surface area contributed by atoms with Crippen LogP contribution in [0.1, 0.15) is 0 Å². The minimum atomic E-state index is -0.460. The molecule has 0 bridgehead atoms. The minimum absolute atomic E-state index is 0.00462. The molecule has 162 valence electrons. The lowest BCUT2D eigenvalue weighted by Gasteiger charge is -2.08. The normalized spacial score (nSPS) is 10.7. The van der Waals surface area contributed by atoms with E-state index < -0.39 is 4.92 Å². The molecule has 1 amide bonds. The van der Waals surface area contributed by atoms with Crippen molar-refractivity contribution in [2.24, 2.45) is 0 Å². The summed E-state index contributed by atoms with van der Waals surface area (Å²) in [7, 11) is 1.56. The first kappa shape index (κ1) is 21.4. The number of nitrogens with zero attached hydrogens (tertiary/aromatic N) is 6. The summed E-state index contributed by atoms with van der Waals surface area (Å²) >= 11 is 2.44. The van der Waals surface area contributed by atoms with Crippen LogP contribution >= 0.6 is 23.1 Å². The quantitative estimate of drug-likeness (QED) is 0.234. The predicted molar refractivity (Wildman–Crippen MR) is 119 cm³/mol. The molecule has 0 saturated heterocycles. The number of hydrogen-bond acceptors (Lipinski definition) is 10. The number of rotatable bonds is 8. The summed E-state index contributed by atoms with van der Waals surface area (Å²) in [5.74, 6) is 0.406. The monoisotopic (exact) mass is 469 g/mol. The third-order valence-electron chi connectivity index (χ3n) is 4.21. The Morgan fingerprint density at radius 1 is 1.25 bits per heavy atom. The van der Waals surface area contributed by atoms with Crippen LogP contribution in [0, 0.1) is 10.1 Å². The van der Waals surface area contributed by atoms with Crippen molar-refractivity contribution < 1.29 is 14.5 Å². The minimum Gasteiger partial charge on any atom is -0.494 e. The van der Waals surface area contributed by atoms with Crippen molar-refractivity contribution in [3.05, 3.63) is 64.0 Å². The number of ether oxygens (including phenoxy) is 1. The van der Waals surface area contributed by atoms with Crippen molar-refractivity contribution in [3.63, 3.8) is 0 Å². The average molecular weight is 470 g/mol. The summed E-state index contributed by atoms with van der Waals surface area (Å²) < 4.78 is 6.85. The first-order valence-corrected chi connectivity index (χ1v) is 11.0. The molecular weight excluding hydrogens is 454 g/mol. The highest BCUT2D eigenvalue weighted by Crippen LogP contribution is 2.28. The molecule has 0 spiro atoms. The summed E-state index contributed by atoms with van der Waals surface area (Å²) in [4.78, 5) is 27.1. The molecule has 4 aromatic rings. The van der Waals surface area contributed by atoms with Gasteiger partial charge in [-0.15, -0.1) is 16.4 Å². The second-order valence-electron chi connectivity index (χ2n) is 6.22. The van der Waals surface area contributed by atoms with Crippen molar-refractivity contribution >= 4 is 39.8 Å². The first-order valence-electron chi connectivity index (χ1n) is 9.10. The van der Waals surface area contributed by atoms with E-state index in [0.29, 0.717) is 27.4 Å². The van der Waals surface area contributed by atoms with Gasteiger partial charge in [-0.3, -0.25) is 14.9 Å². The second-order valence-corrected chi connectivity index (χ2v) is 8.02. The van der Waals surface area contributed by atoms with Gasteiger partial charge in [0.25, 0.3) is 5.69 Å². The van der Waals surface area contributed by atoms with Gasteiger partial charge in [0, 0.05) is 23.1 Å². The molecule has 0 saturated carbocycles. The van der Waals surface area contributed by atoms with Crippen LogP contribution in [-0.4, -0.2) is 48.9 Å². The van der Waals surface area contributed by atoms with Crippen LogP contribution < -0.4 is 10.1 Å². The number of non-ortho nitro benzene ring substituents is 1. The number of hydrogen-bond donors (Lipinski definition) is 1. The molecule has 2 heterocycles. The van der Waals surface area contributed by atoms with Crippen LogP contribution in [-0.2, 0) is 4.79 Å². The van der Waals surface area contributed by atoms with E-state index in [1.807, 2.05) is 18.2 Å². The number of carbonyl (C=O) groups is 1. The average Bonchev–Trinajstić information content (AvgIpc) is 3.47. The first-order chi connectivity index (χ1) is 15.5. The van der Waals surface area contributed by atoms with E-state index >= 15 is 0 Å². The van der Waals surface area contributed by atoms with E-state index in [0.717, 1.165) is 5.56 Å². The van der Waals surface area contributed by atoms with Crippen LogP contribution in [0.3, 0.4) is 0 Å². The lowest BCUT2D eigenvalue weighted by Crippen LogP contribution is -2.14. The summed E-state index contributed by atoms with van der Waals surface area (Å²) in [6, 6.07) is 13.3. The van der Waals surface area contributed by atoms with Gasteiger partial charge in [-0.1, -0.05) is 23.9 Å². The smallest absolute Gasteiger partial charge is 0.269 e.